The van der Waals surface area contributed by atoms with Gasteiger partial charge < -0.3 is 10.2 Å². The molecule has 6 nitrogen and oxygen atoms in total. The maximum atomic E-state index is 12.9. The van der Waals surface area contributed by atoms with Gasteiger partial charge in [-0.1, -0.05) is 0 Å². The number of anilines is 1. The predicted octanol–water partition coefficient (Wildman–Crippen LogP) is 3.29. The van der Waals surface area contributed by atoms with E-state index in [2.05, 4.69) is 0 Å². The zero-order valence-electron chi connectivity index (χ0n) is 11.1. The molecule has 22 heavy (non-hydrogen) atoms. The van der Waals surface area contributed by atoms with Gasteiger partial charge in [0.2, 0.25) is 5.78 Å². The minimum absolute atomic E-state index is 0.0965. The van der Waals surface area contributed by atoms with E-state index in [1.807, 2.05) is 0 Å². The molecule has 0 saturated carbocycles. The summed E-state index contributed by atoms with van der Waals surface area (Å²) < 4.78 is 18.3. The number of nitrogens with zero attached hydrogens (tertiary/aromatic N) is 1. The Morgan fingerprint density at radius 1 is 1.18 bits per heavy atom. The second-order valence-electron chi connectivity index (χ2n) is 4.62. The van der Waals surface area contributed by atoms with Gasteiger partial charge in [-0.3, -0.25) is 14.9 Å². The molecule has 0 aliphatic carbocycles. The molecule has 0 atom stereocenters. The van der Waals surface area contributed by atoms with Gasteiger partial charge in [0.05, 0.1) is 16.7 Å². The number of nitrogen functional groups attached to an aromatic ring is 1. The van der Waals surface area contributed by atoms with Crippen molar-refractivity contribution in [3.8, 4) is 0 Å². The van der Waals surface area contributed by atoms with Crippen LogP contribution in [0.15, 0.2) is 46.9 Å². The summed E-state index contributed by atoms with van der Waals surface area (Å²) in [5.41, 5.74) is 6.17. The molecule has 0 spiro atoms. The maximum Gasteiger partial charge on any atom is 0.273 e. The average molecular weight is 300 g/mol. The molecule has 0 radical (unpaired) electrons. The van der Waals surface area contributed by atoms with Gasteiger partial charge in [0, 0.05) is 17.0 Å². The Hall–Kier alpha value is -3.22. The van der Waals surface area contributed by atoms with Crippen LogP contribution in [0.3, 0.4) is 0 Å². The lowest BCUT2D eigenvalue weighted by atomic mass is 10.1. The molecule has 0 amide bonds. The highest BCUT2D eigenvalue weighted by Crippen LogP contribution is 2.32. The number of nitro groups is 1. The van der Waals surface area contributed by atoms with Crippen molar-refractivity contribution in [2.45, 2.75) is 0 Å². The third-order valence-corrected chi connectivity index (χ3v) is 3.24. The summed E-state index contributed by atoms with van der Waals surface area (Å²) >= 11 is 0. The number of hydrogen-bond acceptors (Lipinski definition) is 5. The smallest absolute Gasteiger partial charge is 0.273 e. The molecule has 3 rings (SSSR count). The molecule has 3 aromatic rings. The number of furan rings is 1. The SMILES string of the molecule is Nc1c(C(=O)c2ccc(F)cc2)oc2cc([N+](=O)[O-])ccc12. The summed E-state index contributed by atoms with van der Waals surface area (Å²) in [6.45, 7) is 0. The average Bonchev–Trinajstić information content (AvgIpc) is 2.84. The molecular weight excluding hydrogens is 291 g/mol. The molecule has 0 aliphatic rings. The zero-order valence-corrected chi connectivity index (χ0v) is 11.1. The fourth-order valence-electron chi connectivity index (χ4n) is 2.12. The second kappa shape index (κ2) is 4.96. The molecule has 0 fully saturated rings. The fourth-order valence-corrected chi connectivity index (χ4v) is 2.12. The lowest BCUT2D eigenvalue weighted by Crippen LogP contribution is -2.02. The minimum atomic E-state index is -0.570. The Labute approximate surface area is 123 Å². The van der Waals surface area contributed by atoms with E-state index < -0.39 is 16.5 Å². The molecular formula is C15H9FN2O4. The van der Waals surface area contributed by atoms with Gasteiger partial charge in [-0.2, -0.15) is 0 Å². The highest BCUT2D eigenvalue weighted by molar-refractivity contribution is 6.14. The summed E-state index contributed by atoms with van der Waals surface area (Å²) in [5.74, 6) is -1.11. The third-order valence-electron chi connectivity index (χ3n) is 3.24. The van der Waals surface area contributed by atoms with Crippen LogP contribution in [0.4, 0.5) is 15.8 Å². The number of non-ortho nitro benzene ring substituents is 1. The zero-order chi connectivity index (χ0) is 15.9. The van der Waals surface area contributed by atoms with Gasteiger partial charge in [0.15, 0.2) is 5.76 Å². The number of rotatable bonds is 3. The molecule has 1 heterocycles. The Balaban J connectivity index is 2.10. The minimum Gasteiger partial charge on any atom is -0.450 e. The van der Waals surface area contributed by atoms with Crippen molar-refractivity contribution in [3.63, 3.8) is 0 Å². The largest absolute Gasteiger partial charge is 0.450 e. The first kappa shape index (κ1) is 13.7. The number of halogens is 1. The van der Waals surface area contributed by atoms with E-state index in [0.717, 1.165) is 12.1 Å². The van der Waals surface area contributed by atoms with Crippen LogP contribution < -0.4 is 5.73 Å². The number of nitrogens with two attached hydrogens (primary N) is 1. The molecule has 0 aliphatic heterocycles. The summed E-state index contributed by atoms with van der Waals surface area (Å²) in [4.78, 5) is 22.5. The highest BCUT2D eigenvalue weighted by atomic mass is 19.1. The second-order valence-corrected chi connectivity index (χ2v) is 4.62. The summed E-state index contributed by atoms with van der Waals surface area (Å²) in [6, 6.07) is 8.83. The Kier molecular flexibility index (Phi) is 3.10. The first-order valence-electron chi connectivity index (χ1n) is 6.24. The number of hydrogen-bond donors (Lipinski definition) is 1. The molecule has 110 valence electrons. The van der Waals surface area contributed by atoms with Gasteiger partial charge in [0.1, 0.15) is 11.4 Å². The molecule has 2 N–H and O–H groups in total. The monoisotopic (exact) mass is 300 g/mol. The maximum absolute atomic E-state index is 12.9. The Morgan fingerprint density at radius 3 is 2.50 bits per heavy atom. The highest BCUT2D eigenvalue weighted by Gasteiger charge is 2.21. The number of fused-ring (bicyclic) bond motifs is 1. The lowest BCUT2D eigenvalue weighted by molar-refractivity contribution is -0.384. The molecule has 0 saturated heterocycles. The fraction of sp³-hybridized carbons (Fsp3) is 0. The van der Waals surface area contributed by atoms with E-state index in [0.29, 0.717) is 5.39 Å². The number of carbonyl (C=O) groups excluding carboxylic acids is 1. The van der Waals surface area contributed by atoms with Crippen LogP contribution in [0.5, 0.6) is 0 Å². The van der Waals surface area contributed by atoms with Crippen LogP contribution in [-0.4, -0.2) is 10.7 Å². The van der Waals surface area contributed by atoms with Crippen LogP contribution in [0.25, 0.3) is 11.0 Å². The van der Waals surface area contributed by atoms with Crippen LogP contribution in [-0.2, 0) is 0 Å². The molecule has 0 unspecified atom stereocenters. The number of ketones is 1. The van der Waals surface area contributed by atoms with Crippen molar-refractivity contribution >= 4 is 28.1 Å². The summed E-state index contributed by atoms with van der Waals surface area (Å²) in [7, 11) is 0. The standard InChI is InChI=1S/C15H9FN2O4/c16-9-3-1-8(2-4-9)14(19)15-13(17)11-6-5-10(18(20)21)7-12(11)22-15/h1-7H,17H2. The van der Waals surface area contributed by atoms with E-state index in [1.165, 1.54) is 30.3 Å². The van der Waals surface area contributed by atoms with Crippen molar-refractivity contribution in [2.24, 2.45) is 0 Å². The van der Waals surface area contributed by atoms with Crippen LogP contribution >= 0.6 is 0 Å². The van der Waals surface area contributed by atoms with Crippen LogP contribution in [0, 0.1) is 15.9 Å². The predicted molar refractivity (Wildman–Crippen MR) is 77.1 cm³/mol. The van der Waals surface area contributed by atoms with Gasteiger partial charge in [-0.25, -0.2) is 4.39 Å². The van der Waals surface area contributed by atoms with Gasteiger partial charge in [0.25, 0.3) is 5.69 Å². The van der Waals surface area contributed by atoms with Gasteiger partial charge in [-0.05, 0) is 30.3 Å². The topological polar surface area (TPSA) is 99.4 Å². The van der Waals surface area contributed by atoms with E-state index in [4.69, 9.17) is 10.2 Å². The van der Waals surface area contributed by atoms with Crippen LogP contribution in [0.2, 0.25) is 0 Å². The normalized spacial score (nSPS) is 10.8. The quantitative estimate of drug-likeness (QED) is 0.454. The van der Waals surface area contributed by atoms with Crippen molar-refractivity contribution in [2.75, 3.05) is 5.73 Å². The Morgan fingerprint density at radius 2 is 1.86 bits per heavy atom. The number of benzene rings is 2. The van der Waals surface area contributed by atoms with Crippen molar-refractivity contribution in [1.82, 2.24) is 0 Å². The van der Waals surface area contributed by atoms with Crippen LogP contribution in [0.1, 0.15) is 16.1 Å². The van der Waals surface area contributed by atoms with Crippen molar-refractivity contribution in [3.05, 3.63) is 69.7 Å². The summed E-state index contributed by atoms with van der Waals surface area (Å²) in [6.07, 6.45) is 0. The van der Waals surface area contributed by atoms with Crippen molar-refractivity contribution < 1.29 is 18.5 Å². The van der Waals surface area contributed by atoms with Crippen molar-refractivity contribution in [1.29, 1.82) is 0 Å². The lowest BCUT2D eigenvalue weighted by Gasteiger charge is -1.98. The first-order chi connectivity index (χ1) is 10.5. The molecule has 2 aromatic carbocycles. The van der Waals surface area contributed by atoms with E-state index in [9.17, 15) is 19.3 Å². The van der Waals surface area contributed by atoms with E-state index >= 15 is 0 Å². The summed E-state index contributed by atoms with van der Waals surface area (Å²) in [5, 5.41) is 11.2. The first-order valence-corrected chi connectivity index (χ1v) is 6.24. The third kappa shape index (κ3) is 2.18. The van der Waals surface area contributed by atoms with Gasteiger partial charge >= 0.3 is 0 Å². The van der Waals surface area contributed by atoms with E-state index in [1.54, 1.807) is 0 Å². The van der Waals surface area contributed by atoms with Gasteiger partial charge in [-0.15, -0.1) is 0 Å². The molecule has 1 aromatic heterocycles. The van der Waals surface area contributed by atoms with E-state index in [-0.39, 0.29) is 28.3 Å². The molecule has 7 heteroatoms. The Bertz CT molecular complexity index is 900. The number of carbonyl (C=O) groups is 1. The molecule has 0 bridgehead atoms. The number of nitro benzene ring substituents is 1.